The van der Waals surface area contributed by atoms with Crippen molar-refractivity contribution in [2.75, 3.05) is 26.4 Å². The van der Waals surface area contributed by atoms with Crippen LogP contribution in [0.2, 0.25) is 0 Å². The van der Waals surface area contributed by atoms with E-state index in [4.69, 9.17) is 13.9 Å². The van der Waals surface area contributed by atoms with Gasteiger partial charge in [-0.25, -0.2) is 0 Å². The average Bonchev–Trinajstić information content (AvgIpc) is 3.19. The number of carbonyl (C=O) groups is 1. The summed E-state index contributed by atoms with van der Waals surface area (Å²) in [6, 6.07) is 12.4. The molecule has 1 fully saturated rings. The molecule has 1 N–H and O–H groups in total. The van der Waals surface area contributed by atoms with E-state index >= 15 is 0 Å². The van der Waals surface area contributed by atoms with Gasteiger partial charge in [0.1, 0.15) is 11.3 Å². The Kier molecular flexibility index (Phi) is 6.33. The Morgan fingerprint density at radius 2 is 1.84 bits per heavy atom. The van der Waals surface area contributed by atoms with Crippen molar-refractivity contribution in [2.45, 2.75) is 45.4 Å². The molecule has 1 amide bonds. The van der Waals surface area contributed by atoms with Gasteiger partial charge < -0.3 is 19.2 Å². The molecule has 5 heteroatoms. The van der Waals surface area contributed by atoms with Gasteiger partial charge in [-0.05, 0) is 62.4 Å². The number of aryl methyl sites for hydroxylation is 2. The maximum Gasteiger partial charge on any atom is 0.224 e. The van der Waals surface area contributed by atoms with Gasteiger partial charge in [-0.2, -0.15) is 0 Å². The summed E-state index contributed by atoms with van der Waals surface area (Å²) < 4.78 is 17.0. The van der Waals surface area contributed by atoms with Gasteiger partial charge in [0, 0.05) is 36.1 Å². The summed E-state index contributed by atoms with van der Waals surface area (Å²) in [6.07, 6.45) is 3.79. The van der Waals surface area contributed by atoms with Gasteiger partial charge in [0.2, 0.25) is 5.91 Å². The second kappa shape index (κ2) is 9.15. The number of fused-ring (bicyclic) bond motifs is 1. The molecule has 1 aromatic heterocycles. The molecule has 1 saturated heterocycles. The normalized spacial score (nSPS) is 15.7. The number of benzene rings is 2. The topological polar surface area (TPSA) is 60.7 Å². The predicted octanol–water partition coefficient (Wildman–Crippen LogP) is 4.86. The van der Waals surface area contributed by atoms with Crippen LogP contribution in [0.5, 0.6) is 5.75 Å². The van der Waals surface area contributed by atoms with Crippen LogP contribution in [0.15, 0.2) is 47.1 Å². The molecule has 31 heavy (non-hydrogen) atoms. The minimum atomic E-state index is -0.120. The van der Waals surface area contributed by atoms with Crippen molar-refractivity contribution in [3.63, 3.8) is 0 Å². The molecule has 0 radical (unpaired) electrons. The van der Waals surface area contributed by atoms with Crippen molar-refractivity contribution in [1.29, 1.82) is 0 Å². The van der Waals surface area contributed by atoms with Gasteiger partial charge >= 0.3 is 0 Å². The average molecular weight is 422 g/mol. The maximum absolute atomic E-state index is 12.9. The number of carbonyl (C=O) groups excluding carboxylic acids is 1. The zero-order valence-electron chi connectivity index (χ0n) is 18.6. The molecule has 1 aliphatic heterocycles. The van der Waals surface area contributed by atoms with Crippen molar-refractivity contribution >= 4 is 16.9 Å². The third-order valence-corrected chi connectivity index (χ3v) is 6.54. The Balaban J connectivity index is 1.47. The minimum absolute atomic E-state index is 0.0118. The van der Waals surface area contributed by atoms with E-state index in [1.165, 1.54) is 11.1 Å². The van der Waals surface area contributed by atoms with E-state index in [1.54, 1.807) is 6.26 Å². The molecule has 1 aliphatic rings. The van der Waals surface area contributed by atoms with Crippen LogP contribution in [0.1, 0.15) is 42.0 Å². The molecule has 4 rings (SSSR count). The summed E-state index contributed by atoms with van der Waals surface area (Å²) >= 11 is 0. The Morgan fingerprint density at radius 3 is 2.55 bits per heavy atom. The Hall–Kier alpha value is -2.79. The largest absolute Gasteiger partial charge is 0.494 e. The summed E-state index contributed by atoms with van der Waals surface area (Å²) in [5, 5.41) is 4.21. The Labute approximate surface area is 183 Å². The lowest BCUT2D eigenvalue weighted by atomic mass is 9.74. The number of ether oxygens (including phenoxy) is 2. The van der Waals surface area contributed by atoms with E-state index in [0.717, 1.165) is 40.7 Å². The van der Waals surface area contributed by atoms with E-state index in [9.17, 15) is 4.79 Å². The first kappa shape index (κ1) is 21.4. The molecule has 0 unspecified atom stereocenters. The van der Waals surface area contributed by atoms with Gasteiger partial charge in [0.05, 0.1) is 19.3 Å². The summed E-state index contributed by atoms with van der Waals surface area (Å²) in [4.78, 5) is 12.9. The van der Waals surface area contributed by atoms with Crippen molar-refractivity contribution in [3.8, 4) is 5.75 Å². The lowest BCUT2D eigenvalue weighted by Crippen LogP contribution is -2.45. The summed E-state index contributed by atoms with van der Waals surface area (Å²) in [5.41, 5.74) is 5.22. The van der Waals surface area contributed by atoms with Gasteiger partial charge in [-0.3, -0.25) is 4.79 Å². The molecule has 0 atom stereocenters. The third kappa shape index (κ3) is 4.47. The number of nitrogens with one attached hydrogen (secondary N) is 1. The van der Waals surface area contributed by atoms with Crippen LogP contribution < -0.4 is 10.1 Å². The second-order valence-electron chi connectivity index (χ2n) is 8.45. The highest BCUT2D eigenvalue weighted by Gasteiger charge is 2.35. The molecular weight excluding hydrogens is 390 g/mol. The van der Waals surface area contributed by atoms with Crippen LogP contribution in [-0.2, 0) is 21.4 Å². The monoisotopic (exact) mass is 421 g/mol. The van der Waals surface area contributed by atoms with Crippen LogP contribution in [-0.4, -0.2) is 32.3 Å². The zero-order valence-corrected chi connectivity index (χ0v) is 18.6. The maximum atomic E-state index is 12.9. The molecular formula is C26H31NO4. The Morgan fingerprint density at radius 1 is 1.10 bits per heavy atom. The summed E-state index contributed by atoms with van der Waals surface area (Å²) in [7, 11) is 0. The number of furan rings is 1. The molecule has 2 aromatic carbocycles. The zero-order chi connectivity index (χ0) is 21.8. The fourth-order valence-corrected chi connectivity index (χ4v) is 4.43. The molecule has 0 aliphatic carbocycles. The number of hydrogen-bond donors (Lipinski definition) is 1. The molecule has 0 bridgehead atoms. The van der Waals surface area contributed by atoms with Gasteiger partial charge in [-0.15, -0.1) is 0 Å². The number of rotatable bonds is 7. The van der Waals surface area contributed by atoms with E-state index < -0.39 is 0 Å². The number of amides is 1. The number of hydrogen-bond acceptors (Lipinski definition) is 4. The molecule has 3 aromatic rings. The van der Waals surface area contributed by atoms with Crippen molar-refractivity contribution < 1.29 is 18.7 Å². The van der Waals surface area contributed by atoms with Gasteiger partial charge in [0.15, 0.2) is 0 Å². The standard InChI is InChI=1S/C26H31NO4/c1-4-30-22-8-6-21(7-9-22)26(11-13-29-14-12-26)17-27-24(28)15-20-16-31-25-19(3)18(2)5-10-23(20)25/h5-10,16H,4,11-15,17H2,1-3H3,(H,27,28). The van der Waals surface area contributed by atoms with E-state index in [-0.39, 0.29) is 11.3 Å². The van der Waals surface area contributed by atoms with E-state index in [2.05, 4.69) is 37.4 Å². The van der Waals surface area contributed by atoms with Crippen LogP contribution in [0.4, 0.5) is 0 Å². The van der Waals surface area contributed by atoms with Gasteiger partial charge in [0.25, 0.3) is 0 Å². The highest BCUT2D eigenvalue weighted by molar-refractivity contribution is 5.89. The molecule has 2 heterocycles. The van der Waals surface area contributed by atoms with Crippen LogP contribution in [0.3, 0.4) is 0 Å². The van der Waals surface area contributed by atoms with Gasteiger partial charge in [-0.1, -0.05) is 24.3 Å². The lowest BCUT2D eigenvalue weighted by molar-refractivity contribution is -0.120. The first-order valence-corrected chi connectivity index (χ1v) is 11.1. The van der Waals surface area contributed by atoms with Crippen LogP contribution in [0.25, 0.3) is 11.0 Å². The van der Waals surface area contributed by atoms with Crippen LogP contribution in [0, 0.1) is 13.8 Å². The molecule has 0 spiro atoms. The Bertz CT molecular complexity index is 1050. The van der Waals surface area contributed by atoms with E-state index in [0.29, 0.717) is 32.8 Å². The summed E-state index contributed by atoms with van der Waals surface area (Å²) in [6.45, 7) is 8.75. The molecule has 5 nitrogen and oxygen atoms in total. The fraction of sp³-hybridized carbons (Fsp3) is 0.423. The van der Waals surface area contributed by atoms with Crippen molar-refractivity contribution in [3.05, 3.63) is 64.9 Å². The van der Waals surface area contributed by atoms with E-state index in [1.807, 2.05) is 25.1 Å². The van der Waals surface area contributed by atoms with Crippen molar-refractivity contribution in [2.24, 2.45) is 0 Å². The predicted molar refractivity (Wildman–Crippen MR) is 122 cm³/mol. The third-order valence-electron chi connectivity index (χ3n) is 6.54. The molecule has 0 saturated carbocycles. The lowest BCUT2D eigenvalue weighted by Gasteiger charge is -2.38. The first-order valence-electron chi connectivity index (χ1n) is 11.1. The van der Waals surface area contributed by atoms with Crippen LogP contribution >= 0.6 is 0 Å². The SMILES string of the molecule is CCOc1ccc(C2(CNC(=O)Cc3coc4c(C)c(C)ccc34)CCOCC2)cc1. The first-order chi connectivity index (χ1) is 15.0. The summed E-state index contributed by atoms with van der Waals surface area (Å²) in [5.74, 6) is 0.882. The minimum Gasteiger partial charge on any atom is -0.494 e. The van der Waals surface area contributed by atoms with Crippen molar-refractivity contribution in [1.82, 2.24) is 5.32 Å². The second-order valence-corrected chi connectivity index (χ2v) is 8.45. The fourth-order valence-electron chi connectivity index (χ4n) is 4.43. The smallest absolute Gasteiger partial charge is 0.224 e. The highest BCUT2D eigenvalue weighted by Crippen LogP contribution is 2.35. The highest BCUT2D eigenvalue weighted by atomic mass is 16.5. The quantitative estimate of drug-likeness (QED) is 0.592. The molecule has 164 valence electrons.